The Labute approximate surface area is 324 Å². The van der Waals surface area contributed by atoms with Gasteiger partial charge in [0.2, 0.25) is 0 Å². The summed E-state index contributed by atoms with van der Waals surface area (Å²) in [5.41, 5.74) is 11.5. The Bertz CT molecular complexity index is 3310. The molecule has 3 heteroatoms. The van der Waals surface area contributed by atoms with E-state index in [0.29, 0.717) is 0 Å². The lowest BCUT2D eigenvalue weighted by Gasteiger charge is -2.19. The fraction of sp³-hybridized carbons (Fsp3) is 0. The predicted molar refractivity (Wildman–Crippen MR) is 235 cm³/mol. The average Bonchev–Trinajstić information content (AvgIpc) is 3.27. The molecule has 0 saturated heterocycles. The number of hydrogen-bond donors (Lipinski definition) is 0. The molecule has 3 heterocycles. The van der Waals surface area contributed by atoms with Crippen molar-refractivity contribution in [1.29, 1.82) is 0 Å². The van der Waals surface area contributed by atoms with E-state index in [2.05, 4.69) is 157 Å². The molecule has 8 aromatic carbocycles. The molecule has 260 valence electrons. The molecule has 0 N–H and O–H groups in total. The third-order valence-electron chi connectivity index (χ3n) is 11.1. The largest absolute Gasteiger partial charge is 0.256 e. The molecule has 3 nitrogen and oxygen atoms in total. The van der Waals surface area contributed by atoms with Crippen LogP contribution in [0.2, 0.25) is 0 Å². The molecule has 11 rings (SSSR count). The van der Waals surface area contributed by atoms with Crippen molar-refractivity contribution in [2.75, 3.05) is 0 Å². The zero-order valence-electron chi connectivity index (χ0n) is 30.4. The summed E-state index contributed by atoms with van der Waals surface area (Å²) in [6.45, 7) is 0. The molecule has 0 aliphatic heterocycles. The van der Waals surface area contributed by atoms with Gasteiger partial charge >= 0.3 is 0 Å². The normalized spacial score (nSPS) is 11.6. The number of rotatable bonds is 5. The van der Waals surface area contributed by atoms with Gasteiger partial charge in [-0.05, 0) is 119 Å². The Balaban J connectivity index is 1.07. The van der Waals surface area contributed by atoms with E-state index in [9.17, 15) is 0 Å². The second kappa shape index (κ2) is 13.1. The van der Waals surface area contributed by atoms with E-state index in [1.54, 1.807) is 0 Å². The molecule has 0 spiro atoms. The minimum Gasteiger partial charge on any atom is -0.256 e. The van der Waals surface area contributed by atoms with Gasteiger partial charge in [-0.3, -0.25) is 9.97 Å². The smallest absolute Gasteiger partial charge is 0.0893 e. The van der Waals surface area contributed by atoms with Gasteiger partial charge in [0.25, 0.3) is 0 Å². The van der Waals surface area contributed by atoms with Gasteiger partial charge in [0.05, 0.1) is 22.6 Å². The highest BCUT2D eigenvalue weighted by Gasteiger charge is 2.18. The van der Waals surface area contributed by atoms with Crippen LogP contribution < -0.4 is 0 Å². The summed E-state index contributed by atoms with van der Waals surface area (Å²) in [4.78, 5) is 14.6. The van der Waals surface area contributed by atoms with Crippen LogP contribution in [0.15, 0.2) is 200 Å². The van der Waals surface area contributed by atoms with Crippen molar-refractivity contribution < 1.29 is 0 Å². The highest BCUT2D eigenvalue weighted by molar-refractivity contribution is 6.22. The fourth-order valence-electron chi connectivity index (χ4n) is 8.34. The van der Waals surface area contributed by atoms with Crippen molar-refractivity contribution in [3.63, 3.8) is 0 Å². The summed E-state index contributed by atoms with van der Waals surface area (Å²) in [5, 5.41) is 10.9. The first kappa shape index (κ1) is 32.0. The molecular weight excluding hydrogens is 679 g/mol. The van der Waals surface area contributed by atoms with Crippen LogP contribution in [0.1, 0.15) is 0 Å². The zero-order chi connectivity index (χ0) is 37.0. The van der Waals surface area contributed by atoms with E-state index in [-0.39, 0.29) is 0 Å². The van der Waals surface area contributed by atoms with Crippen LogP contribution in [0, 0.1) is 0 Å². The van der Waals surface area contributed by atoms with Crippen molar-refractivity contribution in [1.82, 2.24) is 15.0 Å². The lowest BCUT2D eigenvalue weighted by Crippen LogP contribution is -1.93. The second-order valence-electron chi connectivity index (χ2n) is 14.4. The van der Waals surface area contributed by atoms with Gasteiger partial charge in [-0.1, -0.05) is 140 Å². The summed E-state index contributed by atoms with van der Waals surface area (Å²) < 4.78 is 0. The van der Waals surface area contributed by atoms with Crippen LogP contribution >= 0.6 is 0 Å². The monoisotopic (exact) mass is 711 g/mol. The van der Waals surface area contributed by atoms with Gasteiger partial charge in [-0.15, -0.1) is 0 Å². The number of aromatic nitrogens is 3. The Morgan fingerprint density at radius 3 is 1.50 bits per heavy atom. The Morgan fingerprint density at radius 1 is 0.268 bits per heavy atom. The fourth-order valence-corrected chi connectivity index (χ4v) is 8.34. The Kier molecular flexibility index (Phi) is 7.49. The molecule has 0 unspecified atom stereocenters. The summed E-state index contributed by atoms with van der Waals surface area (Å²) in [6, 6.07) is 67.3. The molecule has 3 aromatic heterocycles. The number of pyridine rings is 3. The van der Waals surface area contributed by atoms with Crippen LogP contribution in [0.5, 0.6) is 0 Å². The Hall–Kier alpha value is -7.49. The highest BCUT2D eigenvalue weighted by Crippen LogP contribution is 2.45. The van der Waals surface area contributed by atoms with Crippen LogP contribution in [-0.2, 0) is 0 Å². The van der Waals surface area contributed by atoms with Crippen molar-refractivity contribution in [2.24, 2.45) is 0 Å². The van der Waals surface area contributed by atoms with Crippen LogP contribution in [0.3, 0.4) is 0 Å². The van der Waals surface area contributed by atoms with E-state index >= 15 is 0 Å². The number of benzene rings is 8. The molecular formula is C53H33N3. The molecule has 0 saturated carbocycles. The van der Waals surface area contributed by atoms with E-state index in [1.807, 2.05) is 48.8 Å². The SMILES string of the molecule is c1cc(-c2cnc3ccccc3c2)nc(-c2ccc(-c3ccc4c(-c5ccc6ccccc6c5)c5ccccc5c(-c5ccc6ccccc6c5)c4c3)cn2)c1. The molecule has 0 amide bonds. The standard InChI is InChI=1S/C53H33N3/c1-3-12-36-28-40(22-20-34(36)10-1)52-44-15-6-7-16-45(44)53(41-23-21-35-11-2-4-13-37(35)29-41)47-31-38(24-26-46(47)52)42-25-27-50(55-32-42)51-19-9-18-49(56-51)43-30-39-14-5-8-17-48(39)54-33-43/h1-33H. The molecule has 0 fully saturated rings. The van der Waals surface area contributed by atoms with Crippen molar-refractivity contribution in [2.45, 2.75) is 0 Å². The third kappa shape index (κ3) is 5.49. The van der Waals surface area contributed by atoms with Gasteiger partial charge in [0.1, 0.15) is 0 Å². The van der Waals surface area contributed by atoms with Gasteiger partial charge in [-0.2, -0.15) is 0 Å². The number of nitrogens with zero attached hydrogens (tertiary/aromatic N) is 3. The van der Waals surface area contributed by atoms with Crippen molar-refractivity contribution in [3.05, 3.63) is 200 Å². The van der Waals surface area contributed by atoms with Gasteiger partial charge in [0.15, 0.2) is 0 Å². The molecule has 56 heavy (non-hydrogen) atoms. The highest BCUT2D eigenvalue weighted by atomic mass is 14.8. The minimum atomic E-state index is 0.825. The van der Waals surface area contributed by atoms with Crippen molar-refractivity contribution >= 4 is 54.0 Å². The first-order valence-corrected chi connectivity index (χ1v) is 19.0. The lowest BCUT2D eigenvalue weighted by molar-refractivity contribution is 1.24. The summed E-state index contributed by atoms with van der Waals surface area (Å²) in [6.07, 6.45) is 3.87. The number of fused-ring (bicyclic) bond motifs is 5. The molecule has 0 aliphatic rings. The quantitative estimate of drug-likeness (QED) is 0.167. The van der Waals surface area contributed by atoms with Crippen LogP contribution in [0.4, 0.5) is 0 Å². The van der Waals surface area contributed by atoms with E-state index in [0.717, 1.165) is 44.7 Å². The summed E-state index contributed by atoms with van der Waals surface area (Å²) in [5.74, 6) is 0. The molecule has 0 bridgehead atoms. The number of para-hydroxylation sites is 1. The van der Waals surface area contributed by atoms with Crippen LogP contribution in [0.25, 0.3) is 110 Å². The lowest BCUT2D eigenvalue weighted by atomic mass is 9.84. The first-order chi connectivity index (χ1) is 27.7. The number of hydrogen-bond acceptors (Lipinski definition) is 3. The maximum absolute atomic E-state index is 5.01. The predicted octanol–water partition coefficient (Wildman–Crippen LogP) is 14.0. The second-order valence-corrected chi connectivity index (χ2v) is 14.4. The molecule has 11 aromatic rings. The molecule has 0 atom stereocenters. The van der Waals surface area contributed by atoms with Gasteiger partial charge in [0, 0.05) is 28.9 Å². The minimum absolute atomic E-state index is 0.825. The summed E-state index contributed by atoms with van der Waals surface area (Å²) in [7, 11) is 0. The van der Waals surface area contributed by atoms with E-state index in [1.165, 1.54) is 65.3 Å². The Morgan fingerprint density at radius 2 is 0.804 bits per heavy atom. The average molecular weight is 712 g/mol. The van der Waals surface area contributed by atoms with Crippen molar-refractivity contribution in [3.8, 4) is 56.0 Å². The maximum Gasteiger partial charge on any atom is 0.0893 e. The third-order valence-corrected chi connectivity index (χ3v) is 11.1. The zero-order valence-corrected chi connectivity index (χ0v) is 30.4. The summed E-state index contributed by atoms with van der Waals surface area (Å²) >= 11 is 0. The molecule has 0 radical (unpaired) electrons. The van der Waals surface area contributed by atoms with Gasteiger partial charge in [-0.25, -0.2) is 4.98 Å². The van der Waals surface area contributed by atoms with E-state index in [4.69, 9.17) is 9.97 Å². The van der Waals surface area contributed by atoms with Gasteiger partial charge < -0.3 is 0 Å². The van der Waals surface area contributed by atoms with Crippen LogP contribution in [-0.4, -0.2) is 15.0 Å². The molecule has 0 aliphatic carbocycles. The topological polar surface area (TPSA) is 38.7 Å². The first-order valence-electron chi connectivity index (χ1n) is 19.0. The van der Waals surface area contributed by atoms with E-state index < -0.39 is 0 Å². The maximum atomic E-state index is 5.01.